The summed E-state index contributed by atoms with van der Waals surface area (Å²) in [4.78, 5) is 4.54. The van der Waals surface area contributed by atoms with Crippen molar-refractivity contribution in [3.05, 3.63) is 29.8 Å². The first kappa shape index (κ1) is 12.0. The molecule has 3 nitrogen and oxygen atoms in total. The van der Waals surface area contributed by atoms with Gasteiger partial charge in [0.15, 0.2) is 0 Å². The van der Waals surface area contributed by atoms with Crippen LogP contribution in [-0.4, -0.2) is 23.7 Å². The molecule has 1 heterocycles. The first-order valence-electron chi connectivity index (χ1n) is 5.95. The largest absolute Gasteiger partial charge is 0.507 e. The number of benzene rings is 1. The molecule has 0 saturated carbocycles. The summed E-state index contributed by atoms with van der Waals surface area (Å²) in [5, 5.41) is 9.73. The molecule has 0 unspecified atom stereocenters. The Morgan fingerprint density at radius 3 is 2.71 bits per heavy atom. The van der Waals surface area contributed by atoms with Gasteiger partial charge in [-0.15, -0.1) is 0 Å². The molecule has 1 aliphatic heterocycles. The van der Waals surface area contributed by atoms with Gasteiger partial charge in [-0.2, -0.15) is 0 Å². The van der Waals surface area contributed by atoms with Crippen molar-refractivity contribution in [2.75, 3.05) is 6.61 Å². The van der Waals surface area contributed by atoms with E-state index < -0.39 is 0 Å². The highest BCUT2D eigenvalue weighted by atomic mass is 16.5. The predicted molar refractivity (Wildman–Crippen MR) is 68.5 cm³/mol. The van der Waals surface area contributed by atoms with Crippen molar-refractivity contribution < 1.29 is 9.84 Å². The molecule has 0 spiro atoms. The molecule has 0 aliphatic carbocycles. The highest BCUT2D eigenvalue weighted by Crippen LogP contribution is 2.27. The minimum atomic E-state index is 0.199. The number of nitrogens with zero attached hydrogens (tertiary/aromatic N) is 1. The summed E-state index contributed by atoms with van der Waals surface area (Å²) in [6.07, 6.45) is 0.990. The Kier molecular flexibility index (Phi) is 3.09. The molecular formula is C14H19NO2. The number of ether oxygens (including phenoxy) is 1. The van der Waals surface area contributed by atoms with Crippen LogP contribution in [0.4, 0.5) is 0 Å². The summed E-state index contributed by atoms with van der Waals surface area (Å²) in [6.45, 7) is 7.20. The minimum Gasteiger partial charge on any atom is -0.507 e. The molecule has 3 heteroatoms. The lowest BCUT2D eigenvalue weighted by Crippen LogP contribution is -2.17. The van der Waals surface area contributed by atoms with Crippen LogP contribution in [0, 0.1) is 5.41 Å². The topological polar surface area (TPSA) is 41.8 Å². The third-order valence-corrected chi connectivity index (χ3v) is 2.69. The van der Waals surface area contributed by atoms with Crippen molar-refractivity contribution >= 4 is 5.90 Å². The average Bonchev–Trinajstić information content (AvgIpc) is 2.64. The molecular weight excluding hydrogens is 214 g/mol. The molecule has 1 aromatic carbocycles. The van der Waals surface area contributed by atoms with Crippen LogP contribution in [-0.2, 0) is 4.74 Å². The molecule has 1 N–H and O–H groups in total. The lowest BCUT2D eigenvalue weighted by atomic mass is 9.89. The Hall–Kier alpha value is -1.51. The van der Waals surface area contributed by atoms with Crippen LogP contribution in [0.1, 0.15) is 32.8 Å². The monoisotopic (exact) mass is 233 g/mol. The number of aliphatic imine (C=N–C) groups is 1. The molecule has 0 amide bonds. The van der Waals surface area contributed by atoms with E-state index in [1.165, 1.54) is 0 Å². The van der Waals surface area contributed by atoms with E-state index in [9.17, 15) is 5.11 Å². The van der Waals surface area contributed by atoms with Gasteiger partial charge in [0, 0.05) is 0 Å². The van der Waals surface area contributed by atoms with Crippen LogP contribution in [0.2, 0.25) is 0 Å². The van der Waals surface area contributed by atoms with E-state index in [4.69, 9.17) is 4.74 Å². The molecule has 0 saturated heterocycles. The maximum absolute atomic E-state index is 9.73. The summed E-state index contributed by atoms with van der Waals surface area (Å²) in [5.41, 5.74) is 0.926. The van der Waals surface area contributed by atoms with Gasteiger partial charge in [-0.25, -0.2) is 4.99 Å². The van der Waals surface area contributed by atoms with Gasteiger partial charge in [-0.1, -0.05) is 32.9 Å². The van der Waals surface area contributed by atoms with Crippen LogP contribution in [0.5, 0.6) is 5.75 Å². The van der Waals surface area contributed by atoms with E-state index >= 15 is 0 Å². The summed E-state index contributed by atoms with van der Waals surface area (Å²) in [6, 6.07) is 7.34. The van der Waals surface area contributed by atoms with Gasteiger partial charge < -0.3 is 9.84 Å². The highest BCUT2D eigenvalue weighted by molar-refractivity contribution is 5.97. The molecule has 17 heavy (non-hydrogen) atoms. The van der Waals surface area contributed by atoms with E-state index in [0.717, 1.165) is 6.42 Å². The maximum atomic E-state index is 9.73. The smallest absolute Gasteiger partial charge is 0.220 e. The van der Waals surface area contributed by atoms with Crippen molar-refractivity contribution in [1.29, 1.82) is 0 Å². The Morgan fingerprint density at radius 1 is 1.35 bits per heavy atom. The number of rotatable bonds is 2. The minimum absolute atomic E-state index is 0.199. The number of phenolic OH excluding ortho intramolecular Hbond substituents is 1. The number of aromatic hydroxyl groups is 1. The molecule has 1 aliphatic rings. The first-order valence-corrected chi connectivity index (χ1v) is 5.95. The summed E-state index contributed by atoms with van der Waals surface area (Å²) in [7, 11) is 0. The van der Waals surface area contributed by atoms with Gasteiger partial charge in [0.2, 0.25) is 5.90 Å². The number of phenols is 1. The summed E-state index contributed by atoms with van der Waals surface area (Å²) in [5.74, 6) is 0.792. The standard InChI is InChI=1S/C14H19NO2/c1-14(2,3)8-10-9-17-13(15-10)11-6-4-5-7-12(11)16/h4-7,10,16H,8-9H2,1-3H3/t10-/m0/s1. The Morgan fingerprint density at radius 2 is 2.06 bits per heavy atom. The number of hydrogen-bond acceptors (Lipinski definition) is 3. The van der Waals surface area contributed by atoms with Crippen molar-refractivity contribution in [2.24, 2.45) is 10.4 Å². The number of para-hydroxylation sites is 1. The summed E-state index contributed by atoms with van der Waals surface area (Å²) < 4.78 is 5.57. The fraction of sp³-hybridized carbons (Fsp3) is 0.500. The van der Waals surface area contributed by atoms with E-state index in [2.05, 4.69) is 25.8 Å². The van der Waals surface area contributed by atoms with Crippen LogP contribution >= 0.6 is 0 Å². The lowest BCUT2D eigenvalue weighted by molar-refractivity contribution is 0.267. The molecule has 2 rings (SSSR count). The van der Waals surface area contributed by atoms with Crippen molar-refractivity contribution in [3.8, 4) is 5.75 Å². The van der Waals surface area contributed by atoms with Gasteiger partial charge >= 0.3 is 0 Å². The first-order chi connectivity index (χ1) is 7.96. The Balaban J connectivity index is 2.15. The summed E-state index contributed by atoms with van der Waals surface area (Å²) >= 11 is 0. The predicted octanol–water partition coefficient (Wildman–Crippen LogP) is 2.97. The maximum Gasteiger partial charge on any atom is 0.220 e. The Labute approximate surface area is 102 Å². The average molecular weight is 233 g/mol. The third-order valence-electron chi connectivity index (χ3n) is 2.69. The highest BCUT2D eigenvalue weighted by Gasteiger charge is 2.25. The van der Waals surface area contributed by atoms with Crippen LogP contribution in [0.25, 0.3) is 0 Å². The van der Waals surface area contributed by atoms with E-state index in [-0.39, 0.29) is 17.2 Å². The zero-order valence-electron chi connectivity index (χ0n) is 10.6. The molecule has 0 radical (unpaired) electrons. The van der Waals surface area contributed by atoms with Crippen LogP contribution < -0.4 is 0 Å². The molecule has 0 fully saturated rings. The second-order valence-corrected chi connectivity index (χ2v) is 5.68. The van der Waals surface area contributed by atoms with E-state index in [0.29, 0.717) is 18.1 Å². The van der Waals surface area contributed by atoms with E-state index in [1.807, 2.05) is 12.1 Å². The molecule has 92 valence electrons. The van der Waals surface area contributed by atoms with Crippen molar-refractivity contribution in [3.63, 3.8) is 0 Å². The van der Waals surface area contributed by atoms with Gasteiger partial charge in [-0.05, 0) is 24.0 Å². The van der Waals surface area contributed by atoms with Gasteiger partial charge in [0.05, 0.1) is 11.6 Å². The molecule has 1 aromatic rings. The second-order valence-electron chi connectivity index (χ2n) is 5.68. The van der Waals surface area contributed by atoms with E-state index in [1.54, 1.807) is 12.1 Å². The van der Waals surface area contributed by atoms with Crippen molar-refractivity contribution in [1.82, 2.24) is 0 Å². The van der Waals surface area contributed by atoms with Crippen molar-refractivity contribution in [2.45, 2.75) is 33.2 Å². The van der Waals surface area contributed by atoms with Gasteiger partial charge in [-0.3, -0.25) is 0 Å². The Bertz CT molecular complexity index is 432. The molecule has 0 bridgehead atoms. The zero-order chi connectivity index (χ0) is 12.5. The number of hydrogen-bond donors (Lipinski definition) is 1. The van der Waals surface area contributed by atoms with Crippen LogP contribution in [0.3, 0.4) is 0 Å². The normalized spacial score (nSPS) is 19.9. The fourth-order valence-electron chi connectivity index (χ4n) is 2.03. The molecule has 0 aromatic heterocycles. The van der Waals surface area contributed by atoms with Gasteiger partial charge in [0.25, 0.3) is 0 Å². The SMILES string of the molecule is CC(C)(C)C[C@H]1COC(c2ccccc2O)=N1. The zero-order valence-corrected chi connectivity index (χ0v) is 10.6. The second kappa shape index (κ2) is 4.40. The van der Waals surface area contributed by atoms with Crippen LogP contribution in [0.15, 0.2) is 29.3 Å². The van der Waals surface area contributed by atoms with Gasteiger partial charge in [0.1, 0.15) is 12.4 Å². The fourth-order valence-corrected chi connectivity index (χ4v) is 2.03. The third kappa shape index (κ3) is 2.99. The quantitative estimate of drug-likeness (QED) is 0.853. The molecule has 1 atom stereocenters. The lowest BCUT2D eigenvalue weighted by Gasteiger charge is -2.19.